The first-order valence-corrected chi connectivity index (χ1v) is 8.19. The minimum absolute atomic E-state index is 0.0636. The molecule has 0 radical (unpaired) electrons. The van der Waals surface area contributed by atoms with E-state index in [1.807, 2.05) is 0 Å². The van der Waals surface area contributed by atoms with Crippen molar-refractivity contribution in [3.63, 3.8) is 0 Å². The van der Waals surface area contributed by atoms with E-state index < -0.39 is 16.0 Å². The molecule has 0 amide bonds. The molecule has 118 valence electrons. The van der Waals surface area contributed by atoms with Gasteiger partial charge >= 0.3 is 5.97 Å². The fraction of sp³-hybridized carbons (Fsp3) is 0.583. The summed E-state index contributed by atoms with van der Waals surface area (Å²) in [4.78, 5) is 15.3. The van der Waals surface area contributed by atoms with Gasteiger partial charge in [-0.2, -0.15) is 0 Å². The standard InChI is InChI=1S/C12H19N3O5S/c16-12(17)11-8-10(9-13-11)21(18,19)14-2-1-3-15-4-6-20-7-5-15/h8-9,13-14H,1-7H2,(H,16,17). The molecule has 0 aromatic carbocycles. The average molecular weight is 317 g/mol. The summed E-state index contributed by atoms with van der Waals surface area (Å²) in [5, 5.41) is 8.76. The summed E-state index contributed by atoms with van der Waals surface area (Å²) in [5.41, 5.74) is -0.149. The molecule has 1 aromatic heterocycles. The van der Waals surface area contributed by atoms with Crippen LogP contribution < -0.4 is 4.72 Å². The quantitative estimate of drug-likeness (QED) is 0.596. The third kappa shape index (κ3) is 4.53. The van der Waals surface area contributed by atoms with Crippen LogP contribution in [0.15, 0.2) is 17.2 Å². The predicted octanol–water partition coefficient (Wildman–Crippen LogP) is -0.286. The van der Waals surface area contributed by atoms with E-state index in [2.05, 4.69) is 14.6 Å². The highest BCUT2D eigenvalue weighted by atomic mass is 32.2. The highest BCUT2D eigenvalue weighted by Gasteiger charge is 2.18. The number of carboxylic acids is 1. The molecule has 1 fully saturated rings. The van der Waals surface area contributed by atoms with E-state index >= 15 is 0 Å². The summed E-state index contributed by atoms with van der Waals surface area (Å²) in [6.45, 7) is 4.28. The second-order valence-corrected chi connectivity index (χ2v) is 6.53. The third-order valence-electron chi connectivity index (χ3n) is 3.24. The monoisotopic (exact) mass is 317 g/mol. The number of aromatic amines is 1. The summed E-state index contributed by atoms with van der Waals surface area (Å²) < 4.78 is 31.6. The lowest BCUT2D eigenvalue weighted by molar-refractivity contribution is 0.0376. The van der Waals surface area contributed by atoms with Gasteiger partial charge in [-0.25, -0.2) is 17.9 Å². The highest BCUT2D eigenvalue weighted by molar-refractivity contribution is 7.89. The lowest BCUT2D eigenvalue weighted by Gasteiger charge is -2.26. The fourth-order valence-electron chi connectivity index (χ4n) is 2.07. The number of morpholine rings is 1. The summed E-state index contributed by atoms with van der Waals surface area (Å²) in [6, 6.07) is 1.10. The maximum Gasteiger partial charge on any atom is 0.352 e. The van der Waals surface area contributed by atoms with E-state index in [9.17, 15) is 13.2 Å². The molecule has 1 aliphatic rings. The maximum absolute atomic E-state index is 12.0. The number of rotatable bonds is 7. The zero-order valence-corrected chi connectivity index (χ0v) is 12.4. The van der Waals surface area contributed by atoms with E-state index in [0.717, 1.165) is 25.7 Å². The number of hydrogen-bond donors (Lipinski definition) is 3. The SMILES string of the molecule is O=C(O)c1cc(S(=O)(=O)NCCCN2CCOCC2)c[nH]1. The maximum atomic E-state index is 12.0. The average Bonchev–Trinajstić information content (AvgIpc) is 2.96. The van der Waals surface area contributed by atoms with Gasteiger partial charge in [0.1, 0.15) is 10.6 Å². The number of carboxylic acid groups (broad SMARTS) is 1. The summed E-state index contributed by atoms with van der Waals surface area (Å²) in [6.07, 6.45) is 1.86. The van der Waals surface area contributed by atoms with Crippen LogP contribution in [-0.4, -0.2) is 68.8 Å². The van der Waals surface area contributed by atoms with Crippen molar-refractivity contribution in [2.45, 2.75) is 11.3 Å². The van der Waals surface area contributed by atoms with Crippen LogP contribution in [0.1, 0.15) is 16.9 Å². The molecule has 2 heterocycles. The molecule has 3 N–H and O–H groups in total. The van der Waals surface area contributed by atoms with Gasteiger partial charge in [0.2, 0.25) is 10.0 Å². The number of ether oxygens (including phenoxy) is 1. The van der Waals surface area contributed by atoms with E-state index in [1.54, 1.807) is 0 Å². The minimum atomic E-state index is -3.66. The summed E-state index contributed by atoms with van der Waals surface area (Å²) >= 11 is 0. The van der Waals surface area contributed by atoms with Gasteiger partial charge in [-0.15, -0.1) is 0 Å². The molecule has 0 aliphatic carbocycles. The van der Waals surface area contributed by atoms with Gasteiger partial charge < -0.3 is 14.8 Å². The molecule has 1 saturated heterocycles. The molecule has 0 unspecified atom stereocenters. The Kier molecular flexibility index (Phi) is 5.34. The van der Waals surface area contributed by atoms with Crippen molar-refractivity contribution in [2.24, 2.45) is 0 Å². The number of aromatic carboxylic acids is 1. The van der Waals surface area contributed by atoms with Crippen LogP contribution in [0.3, 0.4) is 0 Å². The van der Waals surface area contributed by atoms with Gasteiger partial charge in [0.05, 0.1) is 13.2 Å². The Balaban J connectivity index is 1.79. The molecule has 8 nitrogen and oxygen atoms in total. The van der Waals surface area contributed by atoms with Crippen LogP contribution >= 0.6 is 0 Å². The van der Waals surface area contributed by atoms with Gasteiger partial charge in [0.25, 0.3) is 0 Å². The van der Waals surface area contributed by atoms with E-state index in [4.69, 9.17) is 9.84 Å². The van der Waals surface area contributed by atoms with Crippen molar-refractivity contribution < 1.29 is 23.1 Å². The zero-order chi connectivity index (χ0) is 15.3. The smallest absolute Gasteiger partial charge is 0.352 e. The third-order valence-corrected chi connectivity index (χ3v) is 4.68. The van der Waals surface area contributed by atoms with Gasteiger partial charge in [-0.1, -0.05) is 0 Å². The number of hydrogen-bond acceptors (Lipinski definition) is 5. The zero-order valence-electron chi connectivity index (χ0n) is 11.5. The molecule has 1 aromatic rings. The lowest BCUT2D eigenvalue weighted by atomic mass is 10.3. The number of nitrogens with zero attached hydrogens (tertiary/aromatic N) is 1. The Morgan fingerprint density at radius 3 is 2.76 bits per heavy atom. The second-order valence-electron chi connectivity index (χ2n) is 4.76. The number of aromatic nitrogens is 1. The Labute approximate surface area is 123 Å². The molecule has 0 saturated carbocycles. The first-order chi connectivity index (χ1) is 9.99. The normalized spacial score (nSPS) is 17.0. The molecule has 21 heavy (non-hydrogen) atoms. The second kappa shape index (κ2) is 7.03. The van der Waals surface area contributed by atoms with Crippen molar-refractivity contribution in [1.82, 2.24) is 14.6 Å². The first-order valence-electron chi connectivity index (χ1n) is 6.70. The van der Waals surface area contributed by atoms with Crippen molar-refractivity contribution >= 4 is 16.0 Å². The predicted molar refractivity (Wildman–Crippen MR) is 74.8 cm³/mol. The Hall–Kier alpha value is -1.42. The molecule has 2 rings (SSSR count). The van der Waals surface area contributed by atoms with Crippen LogP contribution in [0, 0.1) is 0 Å². The van der Waals surface area contributed by atoms with Crippen LogP contribution in [0.25, 0.3) is 0 Å². The number of sulfonamides is 1. The van der Waals surface area contributed by atoms with Gasteiger partial charge in [-0.05, 0) is 19.0 Å². The molecular formula is C12H19N3O5S. The topological polar surface area (TPSA) is 112 Å². The van der Waals surface area contributed by atoms with Crippen molar-refractivity contribution in [3.8, 4) is 0 Å². The van der Waals surface area contributed by atoms with Crippen LogP contribution in [0.5, 0.6) is 0 Å². The van der Waals surface area contributed by atoms with Gasteiger partial charge in [-0.3, -0.25) is 4.90 Å². The fourth-order valence-corrected chi connectivity index (χ4v) is 3.14. The van der Waals surface area contributed by atoms with E-state index in [-0.39, 0.29) is 10.6 Å². The van der Waals surface area contributed by atoms with Crippen LogP contribution in [-0.2, 0) is 14.8 Å². The first kappa shape index (κ1) is 16.0. The number of H-pyrrole nitrogens is 1. The Bertz CT molecular complexity index is 577. The molecule has 0 atom stereocenters. The molecule has 9 heteroatoms. The van der Waals surface area contributed by atoms with Crippen molar-refractivity contribution in [3.05, 3.63) is 18.0 Å². The summed E-state index contributed by atoms with van der Waals surface area (Å²) in [5.74, 6) is -1.19. The highest BCUT2D eigenvalue weighted by Crippen LogP contribution is 2.10. The summed E-state index contributed by atoms with van der Waals surface area (Å²) in [7, 11) is -3.66. The number of nitrogens with one attached hydrogen (secondary N) is 2. The minimum Gasteiger partial charge on any atom is -0.477 e. The van der Waals surface area contributed by atoms with Gasteiger partial charge in [0.15, 0.2) is 0 Å². The van der Waals surface area contributed by atoms with Crippen molar-refractivity contribution in [2.75, 3.05) is 39.4 Å². The number of carbonyl (C=O) groups is 1. The van der Waals surface area contributed by atoms with Crippen LogP contribution in [0.4, 0.5) is 0 Å². The lowest BCUT2D eigenvalue weighted by Crippen LogP contribution is -2.38. The molecule has 0 bridgehead atoms. The Morgan fingerprint density at radius 1 is 1.43 bits per heavy atom. The molecule has 1 aliphatic heterocycles. The molecule has 0 spiro atoms. The van der Waals surface area contributed by atoms with Crippen LogP contribution in [0.2, 0.25) is 0 Å². The van der Waals surface area contributed by atoms with E-state index in [1.165, 1.54) is 6.20 Å². The van der Waals surface area contributed by atoms with E-state index in [0.29, 0.717) is 26.2 Å². The molecular weight excluding hydrogens is 298 g/mol. The van der Waals surface area contributed by atoms with Gasteiger partial charge in [0, 0.05) is 25.8 Å². The Morgan fingerprint density at radius 2 is 2.14 bits per heavy atom. The van der Waals surface area contributed by atoms with Crippen molar-refractivity contribution in [1.29, 1.82) is 0 Å². The largest absolute Gasteiger partial charge is 0.477 e.